The van der Waals surface area contributed by atoms with E-state index in [0.717, 1.165) is 11.1 Å². The Hall–Kier alpha value is -1.72. The topological polar surface area (TPSA) is 73.8 Å². The zero-order chi connectivity index (χ0) is 19.9. The van der Waals surface area contributed by atoms with Crippen molar-refractivity contribution in [3.05, 3.63) is 65.5 Å². The van der Waals surface area contributed by atoms with Gasteiger partial charge in [0.2, 0.25) is 10.0 Å². The van der Waals surface area contributed by atoms with Gasteiger partial charge in [-0.25, -0.2) is 17.1 Å². The molecule has 0 saturated carbocycles. The molecule has 2 aromatic carbocycles. The largest absolute Gasteiger partial charge is 0.356 e. The van der Waals surface area contributed by atoms with Crippen molar-refractivity contribution in [1.29, 1.82) is 0 Å². The summed E-state index contributed by atoms with van der Waals surface area (Å²) >= 11 is 0. The van der Waals surface area contributed by atoms with Crippen molar-refractivity contribution in [3.63, 3.8) is 0 Å². The maximum absolute atomic E-state index is 13.2. The molecule has 2 N–H and O–H groups in total. The highest BCUT2D eigenvalue weighted by Crippen LogP contribution is 2.13. The molecule has 0 heterocycles. The molecule has 0 aromatic heterocycles. The molecule has 0 aliphatic heterocycles. The summed E-state index contributed by atoms with van der Waals surface area (Å²) < 4.78 is 38.5. The molecule has 0 spiro atoms. The first-order valence-corrected chi connectivity index (χ1v) is 9.97. The Labute approximate surface area is 183 Å². The Bertz CT molecular complexity index is 887. The summed E-state index contributed by atoms with van der Waals surface area (Å²) in [5.74, 6) is 0.381. The second-order valence-electron chi connectivity index (χ2n) is 6.16. The van der Waals surface area contributed by atoms with E-state index in [1.54, 1.807) is 37.4 Å². The van der Waals surface area contributed by atoms with Crippen LogP contribution in [-0.4, -0.2) is 46.4 Å². The lowest BCUT2D eigenvalue weighted by Crippen LogP contribution is -2.37. The smallest absolute Gasteiger partial charge is 0.242 e. The van der Waals surface area contributed by atoms with Crippen LogP contribution >= 0.6 is 24.0 Å². The molecule has 6 nitrogen and oxygen atoms in total. The second-order valence-corrected chi connectivity index (χ2v) is 8.32. The predicted octanol–water partition coefficient (Wildman–Crippen LogP) is 2.60. The minimum Gasteiger partial charge on any atom is -0.356 e. The number of benzene rings is 2. The monoisotopic (exact) mass is 520 g/mol. The summed E-state index contributed by atoms with van der Waals surface area (Å²) in [5.41, 5.74) is 1.84. The molecular formula is C19H26FIN4O2S. The van der Waals surface area contributed by atoms with Crippen LogP contribution in [0.4, 0.5) is 4.39 Å². The van der Waals surface area contributed by atoms with Gasteiger partial charge in [0, 0.05) is 34.2 Å². The lowest BCUT2D eigenvalue weighted by molar-refractivity contribution is 0.520. The minimum atomic E-state index is -3.42. The van der Waals surface area contributed by atoms with E-state index in [9.17, 15) is 12.8 Å². The molecular weight excluding hydrogens is 494 g/mol. The van der Waals surface area contributed by atoms with Crippen LogP contribution in [0, 0.1) is 5.82 Å². The van der Waals surface area contributed by atoms with Crippen molar-refractivity contribution >= 4 is 40.0 Å². The van der Waals surface area contributed by atoms with Gasteiger partial charge < -0.3 is 10.6 Å². The van der Waals surface area contributed by atoms with E-state index in [0.29, 0.717) is 25.5 Å². The fraction of sp³-hybridized carbons (Fsp3) is 0.316. The van der Waals surface area contributed by atoms with Crippen LogP contribution in [0.1, 0.15) is 11.1 Å². The number of halogens is 2. The van der Waals surface area contributed by atoms with Crippen molar-refractivity contribution in [1.82, 2.24) is 14.9 Å². The molecule has 0 bridgehead atoms. The van der Waals surface area contributed by atoms with Crippen molar-refractivity contribution in [3.8, 4) is 0 Å². The number of hydrogen-bond acceptors (Lipinski definition) is 3. The van der Waals surface area contributed by atoms with Crippen LogP contribution in [0.25, 0.3) is 0 Å². The molecule has 0 atom stereocenters. The van der Waals surface area contributed by atoms with Crippen molar-refractivity contribution < 1.29 is 12.8 Å². The lowest BCUT2D eigenvalue weighted by atomic mass is 10.1. The van der Waals surface area contributed by atoms with Gasteiger partial charge in [-0.15, -0.1) is 24.0 Å². The van der Waals surface area contributed by atoms with Gasteiger partial charge in [0.1, 0.15) is 5.82 Å². The van der Waals surface area contributed by atoms with Gasteiger partial charge in [-0.1, -0.05) is 24.3 Å². The van der Waals surface area contributed by atoms with E-state index < -0.39 is 10.0 Å². The third-order valence-corrected chi connectivity index (χ3v) is 5.81. The van der Waals surface area contributed by atoms with Crippen LogP contribution < -0.4 is 10.6 Å². The maximum atomic E-state index is 13.2. The van der Waals surface area contributed by atoms with Gasteiger partial charge in [-0.3, -0.25) is 4.99 Å². The highest BCUT2D eigenvalue weighted by molar-refractivity contribution is 14.0. The summed E-state index contributed by atoms with van der Waals surface area (Å²) in [5, 5.41) is 6.34. The highest BCUT2D eigenvalue weighted by Gasteiger charge is 2.16. The molecule has 0 unspecified atom stereocenters. The standard InChI is InChI=1S/C19H25FN4O2S.HI/c1-21-19(22-12-11-15-5-4-6-17(20)13-15)23-14-16-7-9-18(10-8-16)27(25,26)24(2)3;/h4-10,13H,11-12,14H2,1-3H3,(H2,21,22,23);1H. The molecule has 2 aromatic rings. The van der Waals surface area contributed by atoms with Gasteiger partial charge in [-0.2, -0.15) is 0 Å². The number of aliphatic imine (C=N–C) groups is 1. The van der Waals surface area contributed by atoms with Crippen LogP contribution in [0.3, 0.4) is 0 Å². The maximum Gasteiger partial charge on any atom is 0.242 e. The van der Waals surface area contributed by atoms with Gasteiger partial charge in [0.15, 0.2) is 5.96 Å². The quantitative estimate of drug-likeness (QED) is 0.335. The van der Waals surface area contributed by atoms with Gasteiger partial charge in [-0.05, 0) is 41.8 Å². The van der Waals surface area contributed by atoms with Crippen LogP contribution in [0.15, 0.2) is 58.4 Å². The Morgan fingerprint density at radius 1 is 1.07 bits per heavy atom. The summed E-state index contributed by atoms with van der Waals surface area (Å²) in [6.45, 7) is 1.12. The zero-order valence-corrected chi connectivity index (χ0v) is 19.3. The minimum absolute atomic E-state index is 0. The number of nitrogens with one attached hydrogen (secondary N) is 2. The molecule has 154 valence electrons. The Balaban J connectivity index is 0.00000392. The molecule has 28 heavy (non-hydrogen) atoms. The molecule has 0 aliphatic carbocycles. The summed E-state index contributed by atoms with van der Waals surface area (Å²) in [6, 6.07) is 13.2. The van der Waals surface area contributed by atoms with E-state index in [2.05, 4.69) is 15.6 Å². The van der Waals surface area contributed by atoms with Crippen LogP contribution in [-0.2, 0) is 23.0 Å². The third-order valence-electron chi connectivity index (χ3n) is 3.98. The number of hydrogen-bond donors (Lipinski definition) is 2. The lowest BCUT2D eigenvalue weighted by Gasteiger charge is -2.13. The second kappa shape index (κ2) is 11.3. The van der Waals surface area contributed by atoms with E-state index in [-0.39, 0.29) is 34.7 Å². The molecule has 2 rings (SSSR count). The first-order chi connectivity index (χ1) is 12.8. The molecule has 0 aliphatic rings. The van der Waals surface area contributed by atoms with Gasteiger partial charge in [0.05, 0.1) is 4.90 Å². The number of sulfonamides is 1. The van der Waals surface area contributed by atoms with Crippen molar-refractivity contribution in [2.45, 2.75) is 17.9 Å². The average molecular weight is 520 g/mol. The summed E-state index contributed by atoms with van der Waals surface area (Å²) in [6.07, 6.45) is 0.676. The Morgan fingerprint density at radius 2 is 1.75 bits per heavy atom. The van der Waals surface area contributed by atoms with Crippen molar-refractivity contribution in [2.75, 3.05) is 27.7 Å². The number of nitrogens with zero attached hydrogens (tertiary/aromatic N) is 2. The first kappa shape index (κ1) is 24.3. The number of rotatable bonds is 7. The number of guanidine groups is 1. The zero-order valence-electron chi connectivity index (χ0n) is 16.1. The molecule has 0 amide bonds. The van der Waals surface area contributed by atoms with E-state index in [1.165, 1.54) is 30.5 Å². The van der Waals surface area contributed by atoms with Gasteiger partial charge >= 0.3 is 0 Å². The molecule has 0 radical (unpaired) electrons. The first-order valence-electron chi connectivity index (χ1n) is 8.53. The third kappa shape index (κ3) is 7.02. The highest BCUT2D eigenvalue weighted by atomic mass is 127. The SMILES string of the molecule is CN=C(NCCc1cccc(F)c1)NCc1ccc(S(=O)(=O)N(C)C)cc1.I. The van der Waals surface area contributed by atoms with Gasteiger partial charge in [0.25, 0.3) is 0 Å². The average Bonchev–Trinajstić information content (AvgIpc) is 2.64. The molecule has 0 saturated heterocycles. The predicted molar refractivity (Wildman–Crippen MR) is 121 cm³/mol. The fourth-order valence-electron chi connectivity index (χ4n) is 2.41. The normalized spacial score (nSPS) is 11.8. The van der Waals surface area contributed by atoms with Crippen LogP contribution in [0.2, 0.25) is 0 Å². The van der Waals surface area contributed by atoms with E-state index >= 15 is 0 Å². The molecule has 9 heteroatoms. The Kier molecular flexibility index (Phi) is 9.83. The van der Waals surface area contributed by atoms with E-state index in [1.807, 2.05) is 6.07 Å². The summed E-state index contributed by atoms with van der Waals surface area (Å²) in [7, 11) is 1.26. The fourth-order valence-corrected chi connectivity index (χ4v) is 3.32. The van der Waals surface area contributed by atoms with Crippen LogP contribution in [0.5, 0.6) is 0 Å². The van der Waals surface area contributed by atoms with Crippen molar-refractivity contribution in [2.24, 2.45) is 4.99 Å². The Morgan fingerprint density at radius 3 is 2.32 bits per heavy atom. The summed E-state index contributed by atoms with van der Waals surface area (Å²) in [4.78, 5) is 4.41. The van der Waals surface area contributed by atoms with E-state index in [4.69, 9.17) is 0 Å². The molecule has 0 fully saturated rings.